The first-order chi connectivity index (χ1) is 13.0. The summed E-state index contributed by atoms with van der Waals surface area (Å²) in [5.74, 6) is -0.361. The van der Waals surface area contributed by atoms with Gasteiger partial charge in [0.05, 0.1) is 7.11 Å². The number of aryl methyl sites for hydroxylation is 1. The Kier molecular flexibility index (Phi) is 8.10. The quantitative estimate of drug-likeness (QED) is 0.714. The fourth-order valence-electron chi connectivity index (χ4n) is 3.03. The van der Waals surface area contributed by atoms with Gasteiger partial charge in [0.25, 0.3) is 5.91 Å². The van der Waals surface area contributed by atoms with E-state index in [4.69, 9.17) is 9.47 Å². The van der Waals surface area contributed by atoms with Gasteiger partial charge in [-0.15, -0.1) is 0 Å². The van der Waals surface area contributed by atoms with E-state index in [0.29, 0.717) is 6.42 Å². The minimum Gasteiger partial charge on any atom is -0.497 e. The smallest absolute Gasteiger partial charge is 0.321 e. The Morgan fingerprint density at radius 2 is 1.78 bits per heavy atom. The SMILES string of the molecule is COc1ccc(CCC(=O)O[C@H](C)C(=O)NC(=O)NC2CCCCC2)cc1. The van der Waals surface area contributed by atoms with Crippen LogP contribution in [-0.2, 0) is 20.7 Å². The number of hydrogen-bond acceptors (Lipinski definition) is 5. The van der Waals surface area contributed by atoms with Crippen molar-refractivity contribution < 1.29 is 23.9 Å². The van der Waals surface area contributed by atoms with Gasteiger partial charge in [0.15, 0.2) is 6.10 Å². The molecule has 2 rings (SSSR count). The molecule has 1 aliphatic rings. The number of methoxy groups -OCH3 is 1. The number of urea groups is 1. The zero-order valence-corrected chi connectivity index (χ0v) is 16.0. The van der Waals surface area contributed by atoms with Gasteiger partial charge in [0.2, 0.25) is 0 Å². The molecule has 1 aliphatic carbocycles. The van der Waals surface area contributed by atoms with E-state index in [0.717, 1.165) is 37.0 Å². The number of carbonyl (C=O) groups excluding carboxylic acids is 3. The molecule has 0 aliphatic heterocycles. The van der Waals surface area contributed by atoms with Gasteiger partial charge in [-0.1, -0.05) is 31.4 Å². The van der Waals surface area contributed by atoms with Crippen molar-refractivity contribution in [3.8, 4) is 5.75 Å². The van der Waals surface area contributed by atoms with Gasteiger partial charge in [-0.2, -0.15) is 0 Å². The average Bonchev–Trinajstić information content (AvgIpc) is 2.67. The van der Waals surface area contributed by atoms with Crippen LogP contribution in [0.25, 0.3) is 0 Å². The molecule has 0 saturated heterocycles. The highest BCUT2D eigenvalue weighted by Crippen LogP contribution is 2.17. The minimum atomic E-state index is -1.02. The zero-order chi connectivity index (χ0) is 19.6. The Hall–Kier alpha value is -2.57. The Morgan fingerprint density at radius 3 is 2.41 bits per heavy atom. The van der Waals surface area contributed by atoms with Gasteiger partial charge in [0.1, 0.15) is 5.75 Å². The second-order valence-electron chi connectivity index (χ2n) is 6.78. The summed E-state index contributed by atoms with van der Waals surface area (Å²) in [7, 11) is 1.59. The van der Waals surface area contributed by atoms with E-state index in [1.165, 1.54) is 13.3 Å². The molecule has 148 valence electrons. The topological polar surface area (TPSA) is 93.7 Å². The predicted octanol–water partition coefficient (Wildman–Crippen LogP) is 2.72. The molecular formula is C20H28N2O5. The van der Waals surface area contributed by atoms with Crippen LogP contribution in [0.15, 0.2) is 24.3 Å². The van der Waals surface area contributed by atoms with Crippen molar-refractivity contribution in [3.05, 3.63) is 29.8 Å². The van der Waals surface area contributed by atoms with Crippen LogP contribution in [-0.4, -0.2) is 37.2 Å². The van der Waals surface area contributed by atoms with Crippen LogP contribution in [0, 0.1) is 0 Å². The Morgan fingerprint density at radius 1 is 1.11 bits per heavy atom. The maximum absolute atomic E-state index is 12.0. The highest BCUT2D eigenvalue weighted by Gasteiger charge is 2.22. The summed E-state index contributed by atoms with van der Waals surface area (Å²) < 4.78 is 10.2. The maximum Gasteiger partial charge on any atom is 0.321 e. The predicted molar refractivity (Wildman–Crippen MR) is 100 cm³/mol. The summed E-state index contributed by atoms with van der Waals surface area (Å²) in [6.45, 7) is 1.45. The highest BCUT2D eigenvalue weighted by atomic mass is 16.5. The van der Waals surface area contributed by atoms with E-state index in [2.05, 4.69) is 10.6 Å². The fourth-order valence-corrected chi connectivity index (χ4v) is 3.03. The Bertz CT molecular complexity index is 638. The Labute approximate surface area is 159 Å². The molecular weight excluding hydrogens is 348 g/mol. The van der Waals surface area contributed by atoms with E-state index >= 15 is 0 Å². The molecule has 1 saturated carbocycles. The average molecular weight is 376 g/mol. The summed E-state index contributed by atoms with van der Waals surface area (Å²) in [6.07, 6.45) is 4.84. The van der Waals surface area contributed by atoms with E-state index in [-0.39, 0.29) is 12.5 Å². The molecule has 0 heterocycles. The first-order valence-electron chi connectivity index (χ1n) is 9.41. The highest BCUT2D eigenvalue weighted by molar-refractivity contribution is 5.97. The molecule has 3 amide bonds. The number of benzene rings is 1. The molecule has 1 aromatic rings. The van der Waals surface area contributed by atoms with Gasteiger partial charge < -0.3 is 14.8 Å². The van der Waals surface area contributed by atoms with Gasteiger partial charge in [-0.3, -0.25) is 14.9 Å². The largest absolute Gasteiger partial charge is 0.497 e. The van der Waals surface area contributed by atoms with E-state index < -0.39 is 24.0 Å². The molecule has 0 spiro atoms. The lowest BCUT2D eigenvalue weighted by Gasteiger charge is -2.23. The van der Waals surface area contributed by atoms with Crippen LogP contribution in [0.4, 0.5) is 4.79 Å². The van der Waals surface area contributed by atoms with Crippen molar-refractivity contribution in [3.63, 3.8) is 0 Å². The number of ether oxygens (including phenoxy) is 2. The van der Waals surface area contributed by atoms with Crippen molar-refractivity contribution in [2.75, 3.05) is 7.11 Å². The number of esters is 1. The first kappa shape index (κ1) is 20.7. The monoisotopic (exact) mass is 376 g/mol. The molecule has 0 bridgehead atoms. The van der Waals surface area contributed by atoms with Gasteiger partial charge in [0, 0.05) is 12.5 Å². The molecule has 7 nitrogen and oxygen atoms in total. The number of imide groups is 1. The number of amides is 3. The van der Waals surface area contributed by atoms with Crippen molar-refractivity contribution in [2.45, 2.75) is 64.0 Å². The van der Waals surface area contributed by atoms with Crippen LogP contribution in [0.5, 0.6) is 5.75 Å². The third-order valence-electron chi connectivity index (χ3n) is 4.63. The zero-order valence-electron chi connectivity index (χ0n) is 16.0. The molecule has 1 atom stereocenters. The van der Waals surface area contributed by atoms with Crippen LogP contribution >= 0.6 is 0 Å². The molecule has 0 aromatic heterocycles. The first-order valence-corrected chi connectivity index (χ1v) is 9.41. The lowest BCUT2D eigenvalue weighted by molar-refractivity contribution is -0.154. The van der Waals surface area contributed by atoms with Crippen LogP contribution in [0.1, 0.15) is 51.0 Å². The lowest BCUT2D eigenvalue weighted by atomic mass is 9.96. The second kappa shape index (κ2) is 10.5. The van der Waals surface area contributed by atoms with E-state index in [1.807, 2.05) is 24.3 Å². The minimum absolute atomic E-state index is 0.105. The standard InChI is InChI=1S/C20H28N2O5/c1-14(19(24)22-20(25)21-16-6-4-3-5-7-16)27-18(23)13-10-15-8-11-17(26-2)12-9-15/h8-9,11-12,14,16H,3-7,10,13H2,1-2H3,(H2,21,22,24,25)/t14-/m1/s1. The lowest BCUT2D eigenvalue weighted by Crippen LogP contribution is -2.48. The third kappa shape index (κ3) is 7.29. The maximum atomic E-state index is 12.0. The molecule has 1 fully saturated rings. The molecule has 2 N–H and O–H groups in total. The van der Waals surface area contributed by atoms with Crippen molar-refractivity contribution in [1.29, 1.82) is 0 Å². The van der Waals surface area contributed by atoms with Gasteiger partial charge in [-0.05, 0) is 43.9 Å². The van der Waals surface area contributed by atoms with Gasteiger partial charge in [-0.25, -0.2) is 4.79 Å². The van der Waals surface area contributed by atoms with Crippen LogP contribution < -0.4 is 15.4 Å². The molecule has 0 unspecified atom stereocenters. The summed E-state index contributed by atoms with van der Waals surface area (Å²) in [6, 6.07) is 6.96. The molecule has 1 aromatic carbocycles. The van der Waals surface area contributed by atoms with Crippen molar-refractivity contribution in [1.82, 2.24) is 10.6 Å². The van der Waals surface area contributed by atoms with Crippen molar-refractivity contribution >= 4 is 17.9 Å². The molecule has 7 heteroatoms. The van der Waals surface area contributed by atoms with Crippen LogP contribution in [0.2, 0.25) is 0 Å². The second-order valence-corrected chi connectivity index (χ2v) is 6.78. The number of hydrogen-bond donors (Lipinski definition) is 2. The number of carbonyl (C=O) groups is 3. The fraction of sp³-hybridized carbons (Fsp3) is 0.550. The number of rotatable bonds is 7. The van der Waals surface area contributed by atoms with Crippen LogP contribution in [0.3, 0.4) is 0 Å². The number of nitrogens with one attached hydrogen (secondary N) is 2. The summed E-state index contributed by atoms with van der Waals surface area (Å²) in [5.41, 5.74) is 0.969. The normalized spacial score (nSPS) is 15.5. The summed E-state index contributed by atoms with van der Waals surface area (Å²) in [4.78, 5) is 35.8. The molecule has 27 heavy (non-hydrogen) atoms. The van der Waals surface area contributed by atoms with E-state index in [9.17, 15) is 14.4 Å². The Balaban J connectivity index is 1.69. The third-order valence-corrected chi connectivity index (χ3v) is 4.63. The molecule has 0 radical (unpaired) electrons. The summed E-state index contributed by atoms with van der Waals surface area (Å²) in [5, 5.41) is 5.03. The van der Waals surface area contributed by atoms with Gasteiger partial charge >= 0.3 is 12.0 Å². The van der Waals surface area contributed by atoms with E-state index in [1.54, 1.807) is 7.11 Å². The summed E-state index contributed by atoms with van der Waals surface area (Å²) >= 11 is 0. The van der Waals surface area contributed by atoms with Crippen molar-refractivity contribution in [2.24, 2.45) is 0 Å².